The Morgan fingerprint density at radius 2 is 1.80 bits per heavy atom. The first-order valence-corrected chi connectivity index (χ1v) is 11.9. The summed E-state index contributed by atoms with van der Waals surface area (Å²) in [5.74, 6) is 0.972. The van der Waals surface area contributed by atoms with Crippen LogP contribution in [0.4, 0.5) is 5.95 Å². The maximum Gasteiger partial charge on any atom is 0.279 e. The summed E-state index contributed by atoms with van der Waals surface area (Å²) in [6.07, 6.45) is 5.97. The Hall–Kier alpha value is -2.49. The van der Waals surface area contributed by atoms with E-state index < -0.39 is 10.0 Å². The summed E-state index contributed by atoms with van der Waals surface area (Å²) < 4.78 is 25.4. The molecule has 30 heavy (non-hydrogen) atoms. The van der Waals surface area contributed by atoms with Gasteiger partial charge in [0.1, 0.15) is 5.82 Å². The Morgan fingerprint density at radius 1 is 1.10 bits per heavy atom. The van der Waals surface area contributed by atoms with Gasteiger partial charge in [-0.3, -0.25) is 4.79 Å². The average Bonchev–Trinajstić information content (AvgIpc) is 2.68. The van der Waals surface area contributed by atoms with Gasteiger partial charge in [-0.1, -0.05) is 29.8 Å². The largest absolute Gasteiger partial charge is 0.353 e. The second kappa shape index (κ2) is 8.33. The molecule has 10 heteroatoms. The van der Waals surface area contributed by atoms with Crippen molar-refractivity contribution in [1.29, 1.82) is 0 Å². The fraction of sp³-hybridized carbons (Fsp3) is 0.350. The number of anilines is 1. The minimum absolute atomic E-state index is 0.0282. The van der Waals surface area contributed by atoms with Gasteiger partial charge in [-0.2, -0.15) is 4.98 Å². The quantitative estimate of drug-likeness (QED) is 0.553. The Labute approximate surface area is 179 Å². The lowest BCUT2D eigenvalue weighted by Crippen LogP contribution is -2.39. The molecule has 0 atom stereocenters. The van der Waals surface area contributed by atoms with E-state index in [9.17, 15) is 13.2 Å². The molecular formula is C20H22ClN5O3S. The predicted octanol–water partition coefficient (Wildman–Crippen LogP) is 2.86. The molecule has 8 nitrogen and oxygen atoms in total. The number of halogens is 1. The Morgan fingerprint density at radius 3 is 2.50 bits per heavy atom. The van der Waals surface area contributed by atoms with Gasteiger partial charge in [-0.25, -0.2) is 18.1 Å². The van der Waals surface area contributed by atoms with E-state index in [1.165, 1.54) is 6.26 Å². The van der Waals surface area contributed by atoms with Crippen LogP contribution in [0.15, 0.2) is 41.3 Å². The highest BCUT2D eigenvalue weighted by Gasteiger charge is 2.24. The van der Waals surface area contributed by atoms with Crippen LogP contribution in [-0.4, -0.2) is 41.7 Å². The van der Waals surface area contributed by atoms with Crippen molar-refractivity contribution in [2.45, 2.75) is 37.8 Å². The van der Waals surface area contributed by atoms with Crippen LogP contribution in [0.2, 0.25) is 5.02 Å². The average molecular weight is 448 g/mol. The molecule has 2 heterocycles. The Balaban J connectivity index is 1.50. The number of aromatic nitrogens is 3. The van der Waals surface area contributed by atoms with Crippen LogP contribution in [0.1, 0.15) is 25.7 Å². The normalized spacial score (nSPS) is 19.7. The Kier molecular flexibility index (Phi) is 5.77. The van der Waals surface area contributed by atoms with Gasteiger partial charge in [0.25, 0.3) is 5.56 Å². The third-order valence-electron chi connectivity index (χ3n) is 5.20. The molecular weight excluding hydrogens is 426 g/mol. The van der Waals surface area contributed by atoms with Crippen molar-refractivity contribution in [3.63, 3.8) is 0 Å². The lowest BCUT2D eigenvalue weighted by atomic mass is 9.92. The van der Waals surface area contributed by atoms with Crippen LogP contribution in [0.3, 0.4) is 0 Å². The number of benzene rings is 1. The van der Waals surface area contributed by atoms with Crippen molar-refractivity contribution in [1.82, 2.24) is 19.7 Å². The zero-order chi connectivity index (χ0) is 21.3. The lowest BCUT2D eigenvalue weighted by molar-refractivity contribution is 0.387. The van der Waals surface area contributed by atoms with Crippen molar-refractivity contribution in [3.8, 4) is 22.5 Å². The summed E-state index contributed by atoms with van der Waals surface area (Å²) in [5.41, 5.74) is 1.41. The molecule has 0 radical (unpaired) electrons. The summed E-state index contributed by atoms with van der Waals surface area (Å²) >= 11 is 6.22. The number of nitrogens with zero attached hydrogens (tertiary/aromatic N) is 2. The van der Waals surface area contributed by atoms with Gasteiger partial charge in [0.15, 0.2) is 0 Å². The summed E-state index contributed by atoms with van der Waals surface area (Å²) in [6, 6.07) is 9.02. The molecule has 1 aliphatic carbocycles. The fourth-order valence-electron chi connectivity index (χ4n) is 3.79. The minimum Gasteiger partial charge on any atom is -0.353 e. The molecule has 0 saturated heterocycles. The molecule has 158 valence electrons. The summed E-state index contributed by atoms with van der Waals surface area (Å²) in [5, 5.41) is 3.82. The van der Waals surface area contributed by atoms with E-state index >= 15 is 0 Å². The van der Waals surface area contributed by atoms with Crippen LogP contribution in [0.5, 0.6) is 0 Å². The van der Waals surface area contributed by atoms with Gasteiger partial charge in [0.05, 0.1) is 11.8 Å². The maximum absolute atomic E-state index is 12.6. The lowest BCUT2D eigenvalue weighted by Gasteiger charge is -2.29. The molecule has 0 spiro atoms. The van der Waals surface area contributed by atoms with E-state index in [0.29, 0.717) is 33.5 Å². The third kappa shape index (κ3) is 4.80. The third-order valence-corrected chi connectivity index (χ3v) is 6.29. The molecule has 1 aromatic carbocycles. The molecule has 4 rings (SSSR count). The second-order valence-corrected chi connectivity index (χ2v) is 9.76. The number of aromatic amines is 1. The number of H-pyrrole nitrogens is 1. The predicted molar refractivity (Wildman–Crippen MR) is 117 cm³/mol. The van der Waals surface area contributed by atoms with Gasteiger partial charge in [0, 0.05) is 34.4 Å². The molecule has 3 N–H and O–H groups in total. The van der Waals surface area contributed by atoms with Crippen molar-refractivity contribution >= 4 is 27.6 Å². The molecule has 0 unspecified atom stereocenters. The zero-order valence-corrected chi connectivity index (χ0v) is 17.9. The van der Waals surface area contributed by atoms with Crippen LogP contribution in [-0.2, 0) is 10.0 Å². The number of pyridine rings is 1. The van der Waals surface area contributed by atoms with E-state index in [4.69, 9.17) is 11.6 Å². The first-order valence-electron chi connectivity index (χ1n) is 9.67. The number of hydrogen-bond donors (Lipinski definition) is 3. The summed E-state index contributed by atoms with van der Waals surface area (Å²) in [4.78, 5) is 24.2. The van der Waals surface area contributed by atoms with E-state index in [1.54, 1.807) is 24.4 Å². The van der Waals surface area contributed by atoms with Crippen LogP contribution in [0, 0.1) is 0 Å². The highest BCUT2D eigenvalue weighted by molar-refractivity contribution is 7.88. The van der Waals surface area contributed by atoms with E-state index in [1.807, 2.05) is 12.1 Å². The maximum atomic E-state index is 12.6. The molecule has 1 aromatic rings. The van der Waals surface area contributed by atoms with Gasteiger partial charge in [-0.15, -0.1) is 0 Å². The van der Waals surface area contributed by atoms with Crippen molar-refractivity contribution in [2.24, 2.45) is 0 Å². The standard InChI is InChI=1S/C20H22ClN5O3S/c1-30(28,29)26-14-8-6-13(7-9-14)23-20-22-11-12-10-16(19(27)24-18(12)25-20)15-4-2-3-5-17(15)21/h2-5,10-11,13-14,26H,6-9H2,1H3,(H2,22,23,24,25,27). The molecule has 0 bridgehead atoms. The number of hydrogen-bond acceptors (Lipinski definition) is 6. The van der Waals surface area contributed by atoms with Crippen LogP contribution in [0.25, 0.3) is 22.5 Å². The SMILES string of the molecule is CS(=O)(=O)NC1CCC(Nc2ncc3cc(-c4ccccc4Cl)c(=O)nc-3[nH]2)CC1. The van der Waals surface area contributed by atoms with Crippen molar-refractivity contribution in [3.05, 3.63) is 51.9 Å². The zero-order valence-electron chi connectivity index (χ0n) is 16.4. The van der Waals surface area contributed by atoms with Gasteiger partial charge < -0.3 is 10.3 Å². The molecule has 2 aliphatic heterocycles. The summed E-state index contributed by atoms with van der Waals surface area (Å²) in [6.45, 7) is 0. The molecule has 1 fully saturated rings. The fourth-order valence-corrected chi connectivity index (χ4v) is 4.87. The number of rotatable bonds is 5. The van der Waals surface area contributed by atoms with Crippen LogP contribution >= 0.6 is 11.6 Å². The highest BCUT2D eigenvalue weighted by atomic mass is 35.5. The van der Waals surface area contributed by atoms with E-state index in [2.05, 4.69) is 25.0 Å². The second-order valence-electron chi connectivity index (χ2n) is 7.57. The number of fused-ring (bicyclic) bond motifs is 1. The number of nitrogens with one attached hydrogen (secondary N) is 3. The van der Waals surface area contributed by atoms with E-state index in [0.717, 1.165) is 25.7 Å². The molecule has 1 saturated carbocycles. The monoisotopic (exact) mass is 447 g/mol. The summed E-state index contributed by atoms with van der Waals surface area (Å²) in [7, 11) is -3.19. The number of sulfonamides is 1. The molecule has 0 amide bonds. The van der Waals surface area contributed by atoms with Gasteiger partial charge in [-0.05, 0) is 37.8 Å². The Bertz CT molecular complexity index is 1190. The molecule has 3 aliphatic rings. The van der Waals surface area contributed by atoms with Gasteiger partial charge >= 0.3 is 0 Å². The smallest absolute Gasteiger partial charge is 0.279 e. The minimum atomic E-state index is -3.19. The molecule has 0 aromatic heterocycles. The first kappa shape index (κ1) is 20.8. The van der Waals surface area contributed by atoms with Gasteiger partial charge in [0.2, 0.25) is 16.0 Å². The first-order chi connectivity index (χ1) is 14.3. The van der Waals surface area contributed by atoms with Crippen molar-refractivity contribution in [2.75, 3.05) is 11.6 Å². The highest BCUT2D eigenvalue weighted by Crippen LogP contribution is 2.28. The van der Waals surface area contributed by atoms with Crippen molar-refractivity contribution < 1.29 is 8.42 Å². The topological polar surface area (TPSA) is 117 Å². The van der Waals surface area contributed by atoms with Crippen LogP contribution < -0.4 is 15.6 Å². The van der Waals surface area contributed by atoms with E-state index in [-0.39, 0.29) is 17.6 Å².